The number of rotatable bonds is 3. The third-order valence-corrected chi connectivity index (χ3v) is 4.91. The molecule has 2 aromatic heterocycles. The lowest BCUT2D eigenvalue weighted by Crippen LogP contribution is -2.36. The average molecular weight is 375 g/mol. The number of aromatic nitrogens is 4. The van der Waals surface area contributed by atoms with Crippen LogP contribution < -0.4 is 4.90 Å². The van der Waals surface area contributed by atoms with E-state index in [2.05, 4.69) is 32.1 Å². The first-order chi connectivity index (χ1) is 13.8. The van der Waals surface area contributed by atoms with Crippen LogP contribution in [0.2, 0.25) is 0 Å². The zero-order valence-electron chi connectivity index (χ0n) is 15.1. The average Bonchev–Trinajstić information content (AvgIpc) is 3.18. The normalized spacial score (nSPS) is 14.5. The van der Waals surface area contributed by atoms with Crippen molar-refractivity contribution in [2.45, 2.75) is 0 Å². The Hall–Kier alpha value is -3.32. The summed E-state index contributed by atoms with van der Waals surface area (Å²) >= 11 is 0. The number of hydrogen-bond acceptors (Lipinski definition) is 5. The third kappa shape index (κ3) is 2.99. The summed E-state index contributed by atoms with van der Waals surface area (Å²) in [5.41, 5.74) is 3.92. The summed E-state index contributed by atoms with van der Waals surface area (Å²) < 4.78 is 21.2. The summed E-state index contributed by atoms with van der Waals surface area (Å²) in [5.74, 6) is 0.0146. The van der Waals surface area contributed by atoms with Crippen molar-refractivity contribution in [3.05, 3.63) is 66.7 Å². The summed E-state index contributed by atoms with van der Waals surface area (Å²) in [6, 6.07) is 14.7. The Bertz CT molecular complexity index is 1120. The van der Waals surface area contributed by atoms with Crippen LogP contribution >= 0.6 is 0 Å². The molecule has 1 saturated heterocycles. The minimum atomic E-state index is -0.340. The molecular weight excluding hydrogens is 357 g/mol. The van der Waals surface area contributed by atoms with Gasteiger partial charge >= 0.3 is 0 Å². The second kappa shape index (κ2) is 7.01. The number of anilines is 1. The molecule has 140 valence electrons. The molecule has 0 saturated carbocycles. The first-order valence-corrected chi connectivity index (χ1v) is 9.18. The van der Waals surface area contributed by atoms with E-state index in [9.17, 15) is 4.39 Å². The Morgan fingerprint density at radius 2 is 1.64 bits per heavy atom. The standard InChI is InChI=1S/C21H18FN5O/c22-18-4-2-1-3-17(18)21-23-14-20-19(25-21)13-24-27(20)16-7-5-15(6-8-16)26-9-11-28-12-10-26/h1-8,13-14H,9-12H2. The second-order valence-corrected chi connectivity index (χ2v) is 6.62. The fraction of sp³-hybridized carbons (Fsp3) is 0.190. The van der Waals surface area contributed by atoms with E-state index in [1.165, 1.54) is 11.8 Å². The molecule has 0 spiro atoms. The topological polar surface area (TPSA) is 56.1 Å². The molecule has 0 aliphatic carbocycles. The van der Waals surface area contributed by atoms with Crippen molar-refractivity contribution in [1.82, 2.24) is 19.7 Å². The number of hydrogen-bond donors (Lipinski definition) is 0. The lowest BCUT2D eigenvalue weighted by atomic mass is 10.2. The van der Waals surface area contributed by atoms with Gasteiger partial charge in [0.2, 0.25) is 0 Å². The van der Waals surface area contributed by atoms with Crippen LogP contribution in [0.25, 0.3) is 28.1 Å². The van der Waals surface area contributed by atoms with Crippen molar-refractivity contribution < 1.29 is 9.13 Å². The highest BCUT2D eigenvalue weighted by atomic mass is 19.1. The molecule has 5 rings (SSSR count). The van der Waals surface area contributed by atoms with Gasteiger partial charge in [0.05, 0.1) is 36.9 Å². The molecule has 0 radical (unpaired) electrons. The number of nitrogens with zero attached hydrogens (tertiary/aromatic N) is 5. The molecule has 0 bridgehead atoms. The van der Waals surface area contributed by atoms with Gasteiger partial charge in [-0.3, -0.25) is 0 Å². The van der Waals surface area contributed by atoms with E-state index in [4.69, 9.17) is 4.74 Å². The smallest absolute Gasteiger partial charge is 0.162 e. The maximum absolute atomic E-state index is 14.0. The first kappa shape index (κ1) is 16.8. The van der Waals surface area contributed by atoms with Gasteiger partial charge in [-0.15, -0.1) is 0 Å². The molecule has 6 nitrogen and oxygen atoms in total. The van der Waals surface area contributed by atoms with Crippen molar-refractivity contribution in [2.75, 3.05) is 31.2 Å². The minimum Gasteiger partial charge on any atom is -0.378 e. The molecule has 2 aromatic carbocycles. The number of ether oxygens (including phenoxy) is 1. The molecule has 0 atom stereocenters. The fourth-order valence-corrected chi connectivity index (χ4v) is 3.43. The fourth-order valence-electron chi connectivity index (χ4n) is 3.43. The Morgan fingerprint density at radius 3 is 2.43 bits per heavy atom. The van der Waals surface area contributed by atoms with E-state index in [-0.39, 0.29) is 5.82 Å². The second-order valence-electron chi connectivity index (χ2n) is 6.62. The van der Waals surface area contributed by atoms with Gasteiger partial charge in [0.1, 0.15) is 16.9 Å². The van der Waals surface area contributed by atoms with E-state index >= 15 is 0 Å². The Morgan fingerprint density at radius 1 is 0.893 bits per heavy atom. The zero-order chi connectivity index (χ0) is 18.9. The van der Waals surface area contributed by atoms with Crippen LogP contribution in [0.15, 0.2) is 60.9 Å². The van der Waals surface area contributed by atoms with E-state index < -0.39 is 0 Å². The third-order valence-electron chi connectivity index (χ3n) is 4.91. The van der Waals surface area contributed by atoms with Crippen molar-refractivity contribution in [1.29, 1.82) is 0 Å². The predicted octanol–water partition coefficient (Wildman–Crippen LogP) is 3.46. The van der Waals surface area contributed by atoms with Crippen molar-refractivity contribution >= 4 is 16.7 Å². The van der Waals surface area contributed by atoms with Gasteiger partial charge in [-0.1, -0.05) is 12.1 Å². The van der Waals surface area contributed by atoms with E-state index in [1.54, 1.807) is 35.3 Å². The van der Waals surface area contributed by atoms with Crippen LogP contribution in [0.5, 0.6) is 0 Å². The number of fused-ring (bicyclic) bond motifs is 1. The number of morpholine rings is 1. The molecule has 1 fully saturated rings. The maximum Gasteiger partial charge on any atom is 0.162 e. The highest BCUT2D eigenvalue weighted by Crippen LogP contribution is 2.24. The monoisotopic (exact) mass is 375 g/mol. The van der Waals surface area contributed by atoms with Crippen molar-refractivity contribution in [3.8, 4) is 17.1 Å². The Labute approximate surface area is 161 Å². The molecule has 1 aliphatic rings. The van der Waals surface area contributed by atoms with Crippen LogP contribution in [0.3, 0.4) is 0 Å². The van der Waals surface area contributed by atoms with Crippen LogP contribution in [0, 0.1) is 5.82 Å². The van der Waals surface area contributed by atoms with Gasteiger partial charge in [0.15, 0.2) is 5.82 Å². The van der Waals surface area contributed by atoms with Gasteiger partial charge in [-0.25, -0.2) is 19.0 Å². The van der Waals surface area contributed by atoms with Crippen molar-refractivity contribution in [3.63, 3.8) is 0 Å². The first-order valence-electron chi connectivity index (χ1n) is 9.18. The highest BCUT2D eigenvalue weighted by molar-refractivity contribution is 5.77. The Kier molecular flexibility index (Phi) is 4.21. The highest BCUT2D eigenvalue weighted by Gasteiger charge is 2.13. The van der Waals surface area contributed by atoms with Crippen LogP contribution in [-0.4, -0.2) is 46.1 Å². The van der Waals surface area contributed by atoms with Gasteiger partial charge in [0, 0.05) is 18.8 Å². The quantitative estimate of drug-likeness (QED) is 0.549. The molecule has 0 unspecified atom stereocenters. The predicted molar refractivity (Wildman–Crippen MR) is 105 cm³/mol. The van der Waals surface area contributed by atoms with Crippen molar-refractivity contribution in [2.24, 2.45) is 0 Å². The van der Waals surface area contributed by atoms with Gasteiger partial charge in [-0.05, 0) is 36.4 Å². The molecular formula is C21H18FN5O. The summed E-state index contributed by atoms with van der Waals surface area (Å²) in [6.07, 6.45) is 3.37. The maximum atomic E-state index is 14.0. The summed E-state index contributed by atoms with van der Waals surface area (Å²) in [5, 5.41) is 4.45. The van der Waals surface area contributed by atoms with E-state index in [1.807, 2.05) is 12.1 Å². The van der Waals surface area contributed by atoms with E-state index in [0.29, 0.717) is 16.9 Å². The van der Waals surface area contributed by atoms with Gasteiger partial charge < -0.3 is 9.64 Å². The molecule has 4 aromatic rings. The summed E-state index contributed by atoms with van der Waals surface area (Å²) in [4.78, 5) is 11.1. The lowest BCUT2D eigenvalue weighted by Gasteiger charge is -2.28. The molecule has 0 N–H and O–H groups in total. The molecule has 7 heteroatoms. The molecule has 0 amide bonds. The Balaban J connectivity index is 1.47. The summed E-state index contributed by atoms with van der Waals surface area (Å²) in [6.45, 7) is 3.31. The summed E-state index contributed by atoms with van der Waals surface area (Å²) in [7, 11) is 0. The SMILES string of the molecule is Fc1ccccc1-c1ncc2c(cnn2-c2ccc(N3CCOCC3)cc2)n1. The van der Waals surface area contributed by atoms with E-state index in [0.717, 1.165) is 37.5 Å². The van der Waals surface area contributed by atoms with Crippen LogP contribution in [0.1, 0.15) is 0 Å². The molecule has 1 aliphatic heterocycles. The molecule has 28 heavy (non-hydrogen) atoms. The largest absolute Gasteiger partial charge is 0.378 e. The van der Waals surface area contributed by atoms with Gasteiger partial charge in [0.25, 0.3) is 0 Å². The lowest BCUT2D eigenvalue weighted by molar-refractivity contribution is 0.122. The molecule has 3 heterocycles. The number of halogens is 1. The number of benzene rings is 2. The minimum absolute atomic E-state index is 0.340. The zero-order valence-corrected chi connectivity index (χ0v) is 15.1. The van der Waals surface area contributed by atoms with Crippen LogP contribution in [0.4, 0.5) is 10.1 Å². The van der Waals surface area contributed by atoms with Gasteiger partial charge in [-0.2, -0.15) is 5.10 Å². The van der Waals surface area contributed by atoms with Crippen LogP contribution in [-0.2, 0) is 4.74 Å².